The summed E-state index contributed by atoms with van der Waals surface area (Å²) >= 11 is 0. The molecule has 0 aromatic carbocycles. The van der Waals surface area contributed by atoms with Gasteiger partial charge < -0.3 is 20.1 Å². The zero-order valence-corrected chi connectivity index (χ0v) is 21.5. The van der Waals surface area contributed by atoms with Gasteiger partial charge in [0.15, 0.2) is 11.5 Å². The minimum absolute atomic E-state index is 0.133. The van der Waals surface area contributed by atoms with Crippen molar-refractivity contribution in [2.24, 2.45) is 11.3 Å². The number of nitrogens with zero attached hydrogens (tertiary/aromatic N) is 3. The summed E-state index contributed by atoms with van der Waals surface area (Å²) in [6, 6.07) is 2.51. The van der Waals surface area contributed by atoms with Crippen LogP contribution in [-0.4, -0.2) is 75.0 Å². The standard InChI is InChI=1S/C26H31F4N5O4/c1-39-21-10-17(18(27)13-31-21)19-11-20(34-33-19)23(38)35-9-4-15(12-25(35)7-8-25)22(37)32-16-2-5-24(14-36,6-3-16)26(28,29)30/h10-11,13,15-16,36H,2-9,12,14H2,1H3,(H,32,37)(H,33,34)/t15-,16-,24+/m0/s1. The predicted molar refractivity (Wildman–Crippen MR) is 130 cm³/mol. The first-order valence-electron chi connectivity index (χ1n) is 13.1. The van der Waals surface area contributed by atoms with Crippen LogP contribution in [0.3, 0.4) is 0 Å². The zero-order valence-electron chi connectivity index (χ0n) is 21.5. The average molecular weight is 554 g/mol. The second kappa shape index (κ2) is 10.1. The molecular weight excluding hydrogens is 522 g/mol. The molecule has 2 amide bonds. The lowest BCUT2D eigenvalue weighted by Crippen LogP contribution is -2.53. The number of rotatable bonds is 6. The molecule has 0 unspecified atom stereocenters. The summed E-state index contributed by atoms with van der Waals surface area (Å²) in [7, 11) is 1.41. The summed E-state index contributed by atoms with van der Waals surface area (Å²) in [5.41, 5.74) is -1.96. The number of halogens is 4. The molecular formula is C26H31F4N5O4. The molecule has 1 spiro atoms. The number of methoxy groups -OCH3 is 1. The molecule has 3 aliphatic rings. The molecule has 3 N–H and O–H groups in total. The van der Waals surface area contributed by atoms with Crippen LogP contribution in [0.2, 0.25) is 0 Å². The number of aliphatic hydroxyl groups excluding tert-OH is 1. The molecule has 2 saturated carbocycles. The molecule has 9 nitrogen and oxygen atoms in total. The van der Waals surface area contributed by atoms with Gasteiger partial charge in [0, 0.05) is 35.7 Å². The van der Waals surface area contributed by atoms with E-state index in [9.17, 15) is 32.3 Å². The Morgan fingerprint density at radius 3 is 2.54 bits per heavy atom. The van der Waals surface area contributed by atoms with E-state index in [1.165, 1.54) is 19.2 Å². The lowest BCUT2D eigenvalue weighted by Gasteiger charge is -2.42. The first-order chi connectivity index (χ1) is 18.5. The highest BCUT2D eigenvalue weighted by Crippen LogP contribution is 2.51. The van der Waals surface area contributed by atoms with Gasteiger partial charge in [-0.25, -0.2) is 9.37 Å². The van der Waals surface area contributed by atoms with Gasteiger partial charge in [0.1, 0.15) is 0 Å². The monoisotopic (exact) mass is 553 g/mol. The number of hydrogen-bond acceptors (Lipinski definition) is 6. The number of H-pyrrole nitrogens is 1. The second-order valence-electron chi connectivity index (χ2n) is 11.0. The average Bonchev–Trinajstić information content (AvgIpc) is 3.49. The summed E-state index contributed by atoms with van der Waals surface area (Å²) in [6.07, 6.45) is -1.24. The molecule has 2 aromatic rings. The van der Waals surface area contributed by atoms with Gasteiger partial charge in [-0.2, -0.15) is 18.3 Å². The number of hydrogen-bond donors (Lipinski definition) is 3. The fourth-order valence-electron chi connectivity index (χ4n) is 5.96. The highest BCUT2D eigenvalue weighted by atomic mass is 19.4. The van der Waals surface area contributed by atoms with Crippen LogP contribution in [0.25, 0.3) is 11.3 Å². The normalized spacial score (nSPS) is 26.4. The van der Waals surface area contributed by atoms with Gasteiger partial charge >= 0.3 is 6.18 Å². The van der Waals surface area contributed by atoms with Gasteiger partial charge in [0.2, 0.25) is 11.8 Å². The minimum atomic E-state index is -4.48. The molecule has 39 heavy (non-hydrogen) atoms. The van der Waals surface area contributed by atoms with Crippen molar-refractivity contribution in [3.8, 4) is 17.1 Å². The molecule has 212 valence electrons. The van der Waals surface area contributed by atoms with Crippen LogP contribution < -0.4 is 10.1 Å². The van der Waals surface area contributed by atoms with Crippen molar-refractivity contribution in [2.45, 2.75) is 69.1 Å². The Labute approximate surface area is 222 Å². The van der Waals surface area contributed by atoms with E-state index in [2.05, 4.69) is 20.5 Å². The fraction of sp³-hybridized carbons (Fsp3) is 0.615. The third-order valence-electron chi connectivity index (χ3n) is 8.66. The molecule has 0 bridgehead atoms. The third-order valence-corrected chi connectivity index (χ3v) is 8.66. The molecule has 0 radical (unpaired) electrons. The topological polar surface area (TPSA) is 120 Å². The van der Waals surface area contributed by atoms with Crippen LogP contribution in [0, 0.1) is 17.2 Å². The van der Waals surface area contributed by atoms with Crippen molar-refractivity contribution in [1.29, 1.82) is 0 Å². The summed E-state index contributed by atoms with van der Waals surface area (Å²) in [4.78, 5) is 32.0. The molecule has 1 aliphatic heterocycles. The Morgan fingerprint density at radius 2 is 1.92 bits per heavy atom. The number of aromatic amines is 1. The first kappa shape index (κ1) is 27.4. The summed E-state index contributed by atoms with van der Waals surface area (Å²) in [5.74, 6) is -1.24. The molecule has 3 fully saturated rings. The smallest absolute Gasteiger partial charge is 0.396 e. The van der Waals surface area contributed by atoms with Crippen LogP contribution in [-0.2, 0) is 4.79 Å². The van der Waals surface area contributed by atoms with E-state index in [1.807, 2.05) is 0 Å². The minimum Gasteiger partial charge on any atom is -0.481 e. The summed E-state index contributed by atoms with van der Waals surface area (Å²) in [6.45, 7) is -0.613. The Morgan fingerprint density at radius 1 is 1.21 bits per heavy atom. The van der Waals surface area contributed by atoms with Crippen molar-refractivity contribution in [3.05, 3.63) is 29.8 Å². The van der Waals surface area contributed by atoms with E-state index >= 15 is 0 Å². The highest BCUT2D eigenvalue weighted by Gasteiger charge is 2.56. The number of aliphatic hydroxyl groups is 1. The number of carbonyl (C=O) groups excluding carboxylic acids is 2. The van der Waals surface area contributed by atoms with Gasteiger partial charge in [-0.05, 0) is 57.4 Å². The number of likely N-dealkylation sites (tertiary alicyclic amines) is 1. The maximum absolute atomic E-state index is 14.3. The Kier molecular flexibility index (Phi) is 7.06. The largest absolute Gasteiger partial charge is 0.481 e. The second-order valence-corrected chi connectivity index (χ2v) is 11.0. The van der Waals surface area contributed by atoms with Crippen molar-refractivity contribution >= 4 is 11.8 Å². The SMILES string of the molecule is COc1cc(-c2cc(C(=O)N3CC[C@H](C(=O)N[C@H]4CC[C@@](CO)(C(F)(F)F)CC4)CC34CC4)n[nH]2)c(F)cn1. The third kappa shape index (κ3) is 5.08. The number of piperidine rings is 1. The molecule has 1 saturated heterocycles. The lowest BCUT2D eigenvalue weighted by atomic mass is 9.72. The van der Waals surface area contributed by atoms with Crippen molar-refractivity contribution < 1.29 is 37.0 Å². The molecule has 2 aliphatic carbocycles. The fourth-order valence-corrected chi connectivity index (χ4v) is 5.96. The van der Waals surface area contributed by atoms with Crippen LogP contribution in [0.5, 0.6) is 5.88 Å². The van der Waals surface area contributed by atoms with Gasteiger partial charge in [-0.15, -0.1) is 0 Å². The summed E-state index contributed by atoms with van der Waals surface area (Å²) in [5, 5.41) is 19.1. The van der Waals surface area contributed by atoms with E-state index in [0.29, 0.717) is 25.1 Å². The maximum Gasteiger partial charge on any atom is 0.396 e. The molecule has 13 heteroatoms. The Hall–Kier alpha value is -3.22. The van der Waals surface area contributed by atoms with Crippen LogP contribution >= 0.6 is 0 Å². The molecule has 3 heterocycles. The lowest BCUT2D eigenvalue weighted by molar-refractivity contribution is -0.246. The van der Waals surface area contributed by atoms with Crippen LogP contribution in [0.4, 0.5) is 17.6 Å². The van der Waals surface area contributed by atoms with E-state index in [-0.39, 0.29) is 66.6 Å². The Balaban J connectivity index is 1.20. The highest BCUT2D eigenvalue weighted by molar-refractivity contribution is 5.94. The number of amides is 2. The zero-order chi connectivity index (χ0) is 28.0. The van der Waals surface area contributed by atoms with Gasteiger partial charge in [-0.3, -0.25) is 14.7 Å². The quantitative estimate of drug-likeness (QED) is 0.471. The van der Waals surface area contributed by atoms with Gasteiger partial charge in [0.05, 0.1) is 31.0 Å². The number of alkyl halides is 3. The number of aromatic nitrogens is 3. The number of ether oxygens (including phenoxy) is 1. The van der Waals surface area contributed by atoms with Crippen molar-refractivity contribution in [1.82, 2.24) is 25.4 Å². The van der Waals surface area contributed by atoms with E-state index in [0.717, 1.165) is 19.0 Å². The number of carbonyl (C=O) groups is 2. The number of nitrogens with one attached hydrogen (secondary N) is 2. The van der Waals surface area contributed by atoms with Crippen molar-refractivity contribution in [2.75, 3.05) is 20.3 Å². The number of pyridine rings is 1. The van der Waals surface area contributed by atoms with E-state index in [4.69, 9.17) is 4.74 Å². The molecule has 1 atom stereocenters. The maximum atomic E-state index is 14.3. The van der Waals surface area contributed by atoms with Crippen LogP contribution in [0.15, 0.2) is 18.3 Å². The van der Waals surface area contributed by atoms with Crippen LogP contribution in [0.1, 0.15) is 61.9 Å². The summed E-state index contributed by atoms with van der Waals surface area (Å²) < 4.78 is 59.6. The van der Waals surface area contributed by atoms with Crippen molar-refractivity contribution in [3.63, 3.8) is 0 Å². The van der Waals surface area contributed by atoms with Gasteiger partial charge in [-0.1, -0.05) is 0 Å². The predicted octanol–water partition coefficient (Wildman–Crippen LogP) is 3.60. The van der Waals surface area contributed by atoms with Gasteiger partial charge in [0.25, 0.3) is 5.91 Å². The van der Waals surface area contributed by atoms with E-state index in [1.54, 1.807) is 4.90 Å². The first-order valence-corrected chi connectivity index (χ1v) is 13.1. The molecule has 5 rings (SSSR count). The molecule has 2 aromatic heterocycles. The van der Waals surface area contributed by atoms with E-state index < -0.39 is 29.6 Å². The Bertz CT molecular complexity index is 1240.